The Morgan fingerprint density at radius 2 is 1.79 bits per heavy atom. The van der Waals surface area contributed by atoms with Gasteiger partial charge in [-0.3, -0.25) is 9.48 Å². The Morgan fingerprint density at radius 1 is 1.14 bits per heavy atom. The first-order valence-electron chi connectivity index (χ1n) is 8.05. The average molecular weight is 456 g/mol. The van der Waals surface area contributed by atoms with Crippen molar-refractivity contribution in [3.63, 3.8) is 0 Å². The fraction of sp³-hybridized carbons (Fsp3) is 0.158. The fourth-order valence-electron chi connectivity index (χ4n) is 2.83. The molecule has 1 amide bonds. The summed E-state index contributed by atoms with van der Waals surface area (Å²) in [7, 11) is 1.61. The highest BCUT2D eigenvalue weighted by Gasteiger charge is 2.34. The normalized spacial score (nSPS) is 11.5. The van der Waals surface area contributed by atoms with Gasteiger partial charge in [-0.15, -0.1) is 0 Å². The molecule has 4 nitrogen and oxygen atoms in total. The lowest BCUT2D eigenvalue weighted by atomic mass is 10.1. The molecule has 1 heterocycles. The topological polar surface area (TPSA) is 46.9 Å². The van der Waals surface area contributed by atoms with E-state index in [1.54, 1.807) is 14.0 Å². The molecular weight excluding hydrogens is 442 g/mol. The quantitative estimate of drug-likeness (QED) is 0.524. The summed E-state index contributed by atoms with van der Waals surface area (Å²) in [5.41, 5.74) is 0.250. The van der Waals surface area contributed by atoms with Gasteiger partial charge in [0, 0.05) is 22.6 Å². The summed E-state index contributed by atoms with van der Waals surface area (Å²) in [6.45, 7) is 1.76. The van der Waals surface area contributed by atoms with Gasteiger partial charge in [0.15, 0.2) is 0 Å². The zero-order valence-corrected chi connectivity index (χ0v) is 16.3. The summed E-state index contributed by atoms with van der Waals surface area (Å²) in [6, 6.07) is 9.41. The van der Waals surface area contributed by atoms with Crippen LogP contribution in [0.4, 0.5) is 23.4 Å². The molecule has 28 heavy (non-hydrogen) atoms. The lowest BCUT2D eigenvalue weighted by Gasteiger charge is -2.12. The van der Waals surface area contributed by atoms with Crippen molar-refractivity contribution < 1.29 is 22.4 Å². The van der Waals surface area contributed by atoms with E-state index in [1.807, 2.05) is 24.3 Å². The number of alkyl halides is 3. The predicted molar refractivity (Wildman–Crippen MR) is 100 cm³/mol. The van der Waals surface area contributed by atoms with Crippen molar-refractivity contribution in [2.24, 2.45) is 7.05 Å². The van der Waals surface area contributed by atoms with Gasteiger partial charge in [0.1, 0.15) is 11.6 Å². The molecule has 1 N–H and O–H groups in total. The number of aryl methyl sites for hydroxylation is 2. The van der Waals surface area contributed by atoms with Crippen LogP contribution in [-0.4, -0.2) is 15.7 Å². The number of anilines is 1. The van der Waals surface area contributed by atoms with Gasteiger partial charge >= 0.3 is 6.18 Å². The third-order valence-corrected chi connectivity index (χ3v) is 4.65. The molecule has 9 heteroatoms. The largest absolute Gasteiger partial charge is 0.419 e. The summed E-state index contributed by atoms with van der Waals surface area (Å²) in [6.07, 6.45) is -4.90. The first-order valence-corrected chi connectivity index (χ1v) is 8.85. The van der Waals surface area contributed by atoms with Crippen LogP contribution in [0.2, 0.25) is 0 Å². The second-order valence-electron chi connectivity index (χ2n) is 6.09. The second kappa shape index (κ2) is 7.38. The molecule has 0 bridgehead atoms. The molecule has 3 rings (SSSR count). The molecule has 0 spiro atoms. The molecule has 0 aliphatic carbocycles. The van der Waals surface area contributed by atoms with Crippen molar-refractivity contribution in [2.45, 2.75) is 13.1 Å². The summed E-state index contributed by atoms with van der Waals surface area (Å²) < 4.78 is 54.5. The van der Waals surface area contributed by atoms with E-state index in [9.17, 15) is 22.4 Å². The Hall–Kier alpha value is -2.68. The predicted octanol–water partition coefficient (Wildman–Crippen LogP) is 5.57. The van der Waals surface area contributed by atoms with Crippen LogP contribution in [0, 0.1) is 12.7 Å². The van der Waals surface area contributed by atoms with E-state index >= 15 is 0 Å². The van der Waals surface area contributed by atoms with Crippen molar-refractivity contribution in [2.75, 3.05) is 5.32 Å². The highest BCUT2D eigenvalue weighted by Crippen LogP contribution is 2.34. The summed E-state index contributed by atoms with van der Waals surface area (Å²) >= 11 is 3.35. The Morgan fingerprint density at radius 3 is 2.39 bits per heavy atom. The third-order valence-electron chi connectivity index (χ3n) is 4.12. The molecule has 146 valence electrons. The van der Waals surface area contributed by atoms with E-state index in [-0.39, 0.29) is 5.56 Å². The molecular formula is C19H14BrF4N3O. The van der Waals surface area contributed by atoms with Crippen LogP contribution in [0.25, 0.3) is 11.1 Å². The van der Waals surface area contributed by atoms with Crippen molar-refractivity contribution in [3.8, 4) is 11.1 Å². The zero-order chi connectivity index (χ0) is 20.6. The zero-order valence-electron chi connectivity index (χ0n) is 14.7. The maximum atomic E-state index is 13.5. The average Bonchev–Trinajstić information content (AvgIpc) is 2.88. The summed E-state index contributed by atoms with van der Waals surface area (Å²) in [5, 5.41) is 6.86. The van der Waals surface area contributed by atoms with E-state index in [0.29, 0.717) is 29.2 Å². The number of aromatic nitrogens is 2. The standard InChI is InChI=1S/C19H14BrF4N3O/c1-10-16(11-3-6-13(20)7-4-11)17(27(2)26-10)25-18(28)12-5-8-15(21)14(9-12)19(22,23)24/h3-9H,1-2H3,(H,25,28). The van der Waals surface area contributed by atoms with Crippen LogP contribution in [0.5, 0.6) is 0 Å². The number of hydrogen-bond donors (Lipinski definition) is 1. The molecule has 0 fully saturated rings. The molecule has 2 aromatic carbocycles. The van der Waals surface area contributed by atoms with Gasteiger partial charge in [0.2, 0.25) is 0 Å². The highest BCUT2D eigenvalue weighted by atomic mass is 79.9. The van der Waals surface area contributed by atoms with Crippen LogP contribution >= 0.6 is 15.9 Å². The molecule has 0 saturated heterocycles. The van der Waals surface area contributed by atoms with Gasteiger partial charge < -0.3 is 5.32 Å². The van der Waals surface area contributed by atoms with Crippen LogP contribution in [0.1, 0.15) is 21.6 Å². The number of halogens is 5. The number of carbonyl (C=O) groups excluding carboxylic acids is 1. The molecule has 0 atom stereocenters. The first-order chi connectivity index (χ1) is 13.1. The fourth-order valence-corrected chi connectivity index (χ4v) is 3.09. The van der Waals surface area contributed by atoms with Crippen LogP contribution < -0.4 is 5.32 Å². The van der Waals surface area contributed by atoms with E-state index in [2.05, 4.69) is 26.3 Å². The van der Waals surface area contributed by atoms with Gasteiger partial charge in [0.05, 0.1) is 11.3 Å². The number of carbonyl (C=O) groups is 1. The number of benzene rings is 2. The van der Waals surface area contributed by atoms with E-state index in [0.717, 1.165) is 16.1 Å². The van der Waals surface area contributed by atoms with E-state index in [4.69, 9.17) is 0 Å². The first kappa shape index (κ1) is 20.1. The minimum atomic E-state index is -4.90. The number of hydrogen-bond acceptors (Lipinski definition) is 2. The van der Waals surface area contributed by atoms with Gasteiger partial charge in [-0.2, -0.15) is 18.3 Å². The minimum Gasteiger partial charge on any atom is -0.306 e. The van der Waals surface area contributed by atoms with Crippen molar-refractivity contribution in [1.82, 2.24) is 9.78 Å². The van der Waals surface area contributed by atoms with Gasteiger partial charge in [0.25, 0.3) is 5.91 Å². The number of nitrogens with one attached hydrogen (secondary N) is 1. The molecule has 0 aliphatic rings. The lowest BCUT2D eigenvalue weighted by molar-refractivity contribution is -0.140. The SMILES string of the molecule is Cc1nn(C)c(NC(=O)c2ccc(F)c(C(F)(F)F)c2)c1-c1ccc(Br)cc1. The number of rotatable bonds is 3. The Kier molecular flexibility index (Phi) is 5.29. The van der Waals surface area contributed by atoms with E-state index < -0.39 is 23.5 Å². The number of amides is 1. The van der Waals surface area contributed by atoms with E-state index in [1.165, 1.54) is 4.68 Å². The maximum absolute atomic E-state index is 13.5. The second-order valence-corrected chi connectivity index (χ2v) is 7.00. The van der Waals surface area contributed by atoms with Crippen LogP contribution in [0.15, 0.2) is 46.9 Å². The van der Waals surface area contributed by atoms with Crippen molar-refractivity contribution in [3.05, 3.63) is 69.6 Å². The van der Waals surface area contributed by atoms with Crippen LogP contribution in [-0.2, 0) is 13.2 Å². The minimum absolute atomic E-state index is 0.311. The van der Waals surface area contributed by atoms with Gasteiger partial charge in [-0.1, -0.05) is 28.1 Å². The number of nitrogens with zero attached hydrogens (tertiary/aromatic N) is 2. The highest BCUT2D eigenvalue weighted by molar-refractivity contribution is 9.10. The summed E-state index contributed by atoms with van der Waals surface area (Å²) in [5.74, 6) is -1.91. The van der Waals surface area contributed by atoms with Crippen LogP contribution in [0.3, 0.4) is 0 Å². The smallest absolute Gasteiger partial charge is 0.306 e. The molecule has 0 radical (unpaired) electrons. The lowest BCUT2D eigenvalue weighted by Crippen LogP contribution is -2.17. The summed E-state index contributed by atoms with van der Waals surface area (Å²) in [4.78, 5) is 12.6. The molecule has 3 aromatic rings. The maximum Gasteiger partial charge on any atom is 0.419 e. The molecule has 0 aliphatic heterocycles. The third kappa shape index (κ3) is 3.94. The van der Waals surface area contributed by atoms with Crippen molar-refractivity contribution >= 4 is 27.7 Å². The van der Waals surface area contributed by atoms with Crippen molar-refractivity contribution in [1.29, 1.82) is 0 Å². The Balaban J connectivity index is 1.99. The molecule has 1 aromatic heterocycles. The van der Waals surface area contributed by atoms with Gasteiger partial charge in [-0.05, 0) is 42.8 Å². The molecule has 0 saturated carbocycles. The Bertz CT molecular complexity index is 1040. The monoisotopic (exact) mass is 455 g/mol. The van der Waals surface area contributed by atoms with Gasteiger partial charge in [-0.25, -0.2) is 4.39 Å². The Labute approximate surface area is 166 Å². The molecule has 0 unspecified atom stereocenters.